The minimum atomic E-state index is -0.533. The van der Waals surface area contributed by atoms with Crippen LogP contribution in [0.2, 0.25) is 0 Å². The quantitative estimate of drug-likeness (QED) is 0.0348. The van der Waals surface area contributed by atoms with Crippen molar-refractivity contribution in [2.45, 2.75) is 284 Å². The molecule has 0 aliphatic heterocycles. The Morgan fingerprint density at radius 2 is 0.724 bits per heavy atom. The zero-order valence-electron chi connectivity index (χ0n) is 39.3. The molecule has 5 heteroatoms. The fraction of sp³-hybridized carbons (Fsp3) is 0.887. The van der Waals surface area contributed by atoms with Crippen molar-refractivity contribution in [1.82, 2.24) is 0 Å². The van der Waals surface area contributed by atoms with E-state index in [2.05, 4.69) is 45.1 Å². The lowest BCUT2D eigenvalue weighted by atomic mass is 10.0. The molecule has 0 aromatic heterocycles. The van der Waals surface area contributed by atoms with E-state index in [1.54, 1.807) is 0 Å². The van der Waals surface area contributed by atoms with Crippen LogP contribution in [-0.2, 0) is 23.8 Å². The largest absolute Gasteiger partial charge is 0.462 e. The number of carbonyl (C=O) groups excluding carboxylic acids is 2. The topological polar surface area (TPSA) is 61.8 Å². The summed E-state index contributed by atoms with van der Waals surface area (Å²) in [4.78, 5) is 25.3. The third kappa shape index (κ3) is 47.1. The molecule has 0 aliphatic carbocycles. The van der Waals surface area contributed by atoms with Crippen LogP contribution in [-0.4, -0.2) is 37.9 Å². The minimum Gasteiger partial charge on any atom is -0.462 e. The highest BCUT2D eigenvalue weighted by molar-refractivity contribution is 5.70. The van der Waals surface area contributed by atoms with Gasteiger partial charge in [0, 0.05) is 19.4 Å². The molecule has 0 saturated heterocycles. The van der Waals surface area contributed by atoms with Crippen LogP contribution in [0.25, 0.3) is 0 Å². The van der Waals surface area contributed by atoms with Crippen LogP contribution in [0.3, 0.4) is 0 Å². The summed E-state index contributed by atoms with van der Waals surface area (Å²) < 4.78 is 17.4. The molecule has 0 saturated carbocycles. The molecular formula is C53H100O5. The first-order chi connectivity index (χ1) is 28.6. The summed E-state index contributed by atoms with van der Waals surface area (Å²) >= 11 is 0. The van der Waals surface area contributed by atoms with Crippen molar-refractivity contribution in [3.8, 4) is 0 Å². The molecule has 0 fully saturated rings. The van der Waals surface area contributed by atoms with Crippen LogP contribution >= 0.6 is 0 Å². The number of allylic oxidation sites excluding steroid dienone is 4. The van der Waals surface area contributed by atoms with Gasteiger partial charge in [-0.3, -0.25) is 9.59 Å². The molecule has 0 aliphatic rings. The second-order valence-corrected chi connectivity index (χ2v) is 17.4. The molecule has 0 spiro atoms. The Hall–Kier alpha value is -1.62. The van der Waals surface area contributed by atoms with Crippen LogP contribution < -0.4 is 0 Å². The zero-order valence-corrected chi connectivity index (χ0v) is 39.3. The molecule has 0 radical (unpaired) electrons. The Balaban J connectivity index is 4.21. The molecule has 5 nitrogen and oxygen atoms in total. The Kier molecular flexibility index (Phi) is 48.4. The maximum Gasteiger partial charge on any atom is 0.306 e. The summed E-state index contributed by atoms with van der Waals surface area (Å²) in [5.74, 6) is -0.386. The van der Waals surface area contributed by atoms with E-state index in [0.717, 1.165) is 44.9 Å². The molecule has 0 aromatic carbocycles. The average molecular weight is 817 g/mol. The zero-order chi connectivity index (χ0) is 42.1. The lowest BCUT2D eigenvalue weighted by Gasteiger charge is -2.18. The van der Waals surface area contributed by atoms with Crippen LogP contribution in [0.1, 0.15) is 278 Å². The normalized spacial score (nSPS) is 12.3. The van der Waals surface area contributed by atoms with Gasteiger partial charge >= 0.3 is 11.9 Å². The lowest BCUT2D eigenvalue weighted by Crippen LogP contribution is -2.30. The van der Waals surface area contributed by atoms with E-state index in [0.29, 0.717) is 19.4 Å². The molecule has 1 unspecified atom stereocenters. The standard InChI is InChI=1S/C53H100O5/c1-4-7-10-13-16-19-22-24-26-28-30-33-36-39-42-45-48-56-49-51(58-53(55)47-44-41-38-35-31-21-18-15-12-9-6-3)50-57-52(54)46-43-40-37-34-32-29-27-25-23-20-17-14-11-8-5-2/h16,19,24,26,51H,4-15,17-18,20-23,25,27-50H2,1-3H3/b19-16-,26-24-. The monoisotopic (exact) mass is 817 g/mol. The first-order valence-corrected chi connectivity index (χ1v) is 25.9. The van der Waals surface area contributed by atoms with Crippen molar-refractivity contribution in [2.24, 2.45) is 0 Å². The summed E-state index contributed by atoms with van der Waals surface area (Å²) in [7, 11) is 0. The van der Waals surface area contributed by atoms with E-state index >= 15 is 0 Å². The molecule has 58 heavy (non-hydrogen) atoms. The molecule has 0 rings (SSSR count). The molecule has 342 valence electrons. The second-order valence-electron chi connectivity index (χ2n) is 17.4. The van der Waals surface area contributed by atoms with Gasteiger partial charge in [-0.05, 0) is 51.4 Å². The first kappa shape index (κ1) is 56.4. The SMILES string of the molecule is CCCCC/C=C\C/C=C\CCCCCCCCOCC(COC(=O)CCCCCCCCCCCCCCCCC)OC(=O)CCCCCCCCCCCCC. The van der Waals surface area contributed by atoms with Gasteiger partial charge in [-0.25, -0.2) is 0 Å². The van der Waals surface area contributed by atoms with Crippen LogP contribution in [0.4, 0.5) is 0 Å². The molecule has 0 heterocycles. The van der Waals surface area contributed by atoms with Gasteiger partial charge in [0.1, 0.15) is 6.61 Å². The number of rotatable bonds is 48. The molecule has 0 aromatic rings. The summed E-state index contributed by atoms with van der Waals surface area (Å²) in [6, 6.07) is 0. The summed E-state index contributed by atoms with van der Waals surface area (Å²) in [5, 5.41) is 0. The molecule has 0 amide bonds. The van der Waals surface area contributed by atoms with Crippen molar-refractivity contribution in [2.75, 3.05) is 19.8 Å². The highest BCUT2D eigenvalue weighted by Crippen LogP contribution is 2.16. The fourth-order valence-corrected chi connectivity index (χ4v) is 7.60. The van der Waals surface area contributed by atoms with E-state index in [1.807, 2.05) is 0 Å². The number of unbranched alkanes of at least 4 members (excludes halogenated alkanes) is 33. The lowest BCUT2D eigenvalue weighted by molar-refractivity contribution is -0.163. The smallest absolute Gasteiger partial charge is 0.306 e. The van der Waals surface area contributed by atoms with Gasteiger partial charge in [0.25, 0.3) is 0 Å². The first-order valence-electron chi connectivity index (χ1n) is 25.9. The third-order valence-electron chi connectivity index (χ3n) is 11.5. The fourth-order valence-electron chi connectivity index (χ4n) is 7.60. The van der Waals surface area contributed by atoms with Crippen LogP contribution in [0.15, 0.2) is 24.3 Å². The average Bonchev–Trinajstić information content (AvgIpc) is 3.22. The number of hydrogen-bond acceptors (Lipinski definition) is 5. The number of carbonyl (C=O) groups is 2. The Morgan fingerprint density at radius 1 is 0.379 bits per heavy atom. The predicted octanol–water partition coefficient (Wildman–Crippen LogP) is 17.2. The van der Waals surface area contributed by atoms with Gasteiger partial charge in [0.2, 0.25) is 0 Å². The highest BCUT2D eigenvalue weighted by Gasteiger charge is 2.17. The molecular weight excluding hydrogens is 717 g/mol. The van der Waals surface area contributed by atoms with E-state index in [4.69, 9.17) is 14.2 Å². The highest BCUT2D eigenvalue weighted by atomic mass is 16.6. The van der Waals surface area contributed by atoms with Gasteiger partial charge in [-0.2, -0.15) is 0 Å². The van der Waals surface area contributed by atoms with Gasteiger partial charge in [-0.1, -0.05) is 238 Å². The third-order valence-corrected chi connectivity index (χ3v) is 11.5. The maximum absolute atomic E-state index is 12.8. The van der Waals surface area contributed by atoms with E-state index in [1.165, 1.54) is 199 Å². The summed E-state index contributed by atoms with van der Waals surface area (Å²) in [5.41, 5.74) is 0. The summed E-state index contributed by atoms with van der Waals surface area (Å²) in [6.07, 6.45) is 57.5. The molecule has 0 N–H and O–H groups in total. The van der Waals surface area contributed by atoms with Crippen molar-refractivity contribution < 1.29 is 23.8 Å². The predicted molar refractivity (Wildman–Crippen MR) is 252 cm³/mol. The molecule has 0 bridgehead atoms. The van der Waals surface area contributed by atoms with E-state index < -0.39 is 6.10 Å². The summed E-state index contributed by atoms with van der Waals surface area (Å²) in [6.45, 7) is 7.82. The van der Waals surface area contributed by atoms with Gasteiger partial charge in [-0.15, -0.1) is 0 Å². The Bertz CT molecular complexity index is 882. The molecule has 1 atom stereocenters. The van der Waals surface area contributed by atoms with E-state index in [9.17, 15) is 9.59 Å². The van der Waals surface area contributed by atoms with Gasteiger partial charge in [0.15, 0.2) is 6.10 Å². The van der Waals surface area contributed by atoms with E-state index in [-0.39, 0.29) is 25.2 Å². The minimum absolute atomic E-state index is 0.0886. The van der Waals surface area contributed by atoms with Gasteiger partial charge < -0.3 is 14.2 Å². The Labute approximate surface area is 362 Å². The Morgan fingerprint density at radius 3 is 1.17 bits per heavy atom. The number of esters is 2. The van der Waals surface area contributed by atoms with Crippen LogP contribution in [0, 0.1) is 0 Å². The van der Waals surface area contributed by atoms with Crippen molar-refractivity contribution in [3.05, 3.63) is 24.3 Å². The maximum atomic E-state index is 12.8. The van der Waals surface area contributed by atoms with Gasteiger partial charge in [0.05, 0.1) is 6.61 Å². The van der Waals surface area contributed by atoms with Crippen molar-refractivity contribution in [3.63, 3.8) is 0 Å². The number of hydrogen-bond donors (Lipinski definition) is 0. The van der Waals surface area contributed by atoms with Crippen LogP contribution in [0.5, 0.6) is 0 Å². The number of ether oxygens (including phenoxy) is 3. The van der Waals surface area contributed by atoms with Crippen molar-refractivity contribution in [1.29, 1.82) is 0 Å². The second kappa shape index (κ2) is 49.7. The van der Waals surface area contributed by atoms with Crippen molar-refractivity contribution >= 4 is 11.9 Å².